The highest BCUT2D eigenvalue weighted by molar-refractivity contribution is 6.42. The summed E-state index contributed by atoms with van der Waals surface area (Å²) in [6.07, 6.45) is 0.0902. The molecule has 3 heterocycles. The molecule has 2 atom stereocenters. The Morgan fingerprint density at radius 1 is 1.07 bits per heavy atom. The van der Waals surface area contributed by atoms with E-state index in [0.29, 0.717) is 45.8 Å². The molecular weight excluding hydrogens is 429 g/mol. The van der Waals surface area contributed by atoms with Crippen LogP contribution in [0.4, 0.5) is 5.95 Å². The highest BCUT2D eigenvalue weighted by Gasteiger charge is 2.27. The lowest BCUT2D eigenvalue weighted by Crippen LogP contribution is -2.46. The molecule has 160 valence electrons. The zero-order valence-electron chi connectivity index (χ0n) is 17.2. The molecule has 1 aliphatic rings. The van der Waals surface area contributed by atoms with Crippen LogP contribution in [0.3, 0.4) is 0 Å². The van der Waals surface area contributed by atoms with E-state index in [1.165, 1.54) is 9.13 Å². The molecule has 1 aromatic carbocycles. The number of imidazole rings is 1. The second-order valence-corrected chi connectivity index (χ2v) is 8.60. The van der Waals surface area contributed by atoms with Crippen LogP contribution in [0, 0.1) is 0 Å². The van der Waals surface area contributed by atoms with Gasteiger partial charge in [0.05, 0.1) is 28.8 Å². The highest BCUT2D eigenvalue weighted by Crippen LogP contribution is 2.24. The number of halogens is 2. The summed E-state index contributed by atoms with van der Waals surface area (Å²) in [4.78, 5) is 33.0. The summed E-state index contributed by atoms with van der Waals surface area (Å²) in [7, 11) is 3.42. The summed E-state index contributed by atoms with van der Waals surface area (Å²) in [5.74, 6) is 0.645. The van der Waals surface area contributed by atoms with Crippen LogP contribution in [0.5, 0.6) is 0 Å². The maximum absolute atomic E-state index is 13.3. The van der Waals surface area contributed by atoms with E-state index in [2.05, 4.69) is 9.88 Å². The third-order valence-corrected chi connectivity index (χ3v) is 6.10. The van der Waals surface area contributed by atoms with E-state index in [0.717, 1.165) is 0 Å². The van der Waals surface area contributed by atoms with E-state index in [9.17, 15) is 9.59 Å². The third-order valence-electron chi connectivity index (χ3n) is 5.36. The van der Waals surface area contributed by atoms with Gasteiger partial charge in [0.15, 0.2) is 11.2 Å². The van der Waals surface area contributed by atoms with Crippen LogP contribution in [0.15, 0.2) is 27.8 Å². The fourth-order valence-corrected chi connectivity index (χ4v) is 4.34. The molecule has 0 amide bonds. The molecule has 1 aliphatic heterocycles. The van der Waals surface area contributed by atoms with E-state index in [1.54, 1.807) is 36.9 Å². The van der Waals surface area contributed by atoms with Crippen molar-refractivity contribution < 1.29 is 4.74 Å². The van der Waals surface area contributed by atoms with Crippen LogP contribution >= 0.6 is 23.2 Å². The van der Waals surface area contributed by atoms with Gasteiger partial charge in [-0.1, -0.05) is 29.3 Å². The van der Waals surface area contributed by atoms with Crippen LogP contribution in [0.1, 0.15) is 19.4 Å². The summed E-state index contributed by atoms with van der Waals surface area (Å²) in [5.41, 5.74) is 0.613. The van der Waals surface area contributed by atoms with Gasteiger partial charge in [0.25, 0.3) is 5.56 Å². The predicted molar refractivity (Wildman–Crippen MR) is 118 cm³/mol. The molecule has 0 unspecified atom stereocenters. The minimum atomic E-state index is -0.438. The summed E-state index contributed by atoms with van der Waals surface area (Å²) >= 11 is 12.1. The number of nitrogens with zero attached hydrogens (tertiary/aromatic N) is 5. The van der Waals surface area contributed by atoms with E-state index in [-0.39, 0.29) is 18.8 Å². The van der Waals surface area contributed by atoms with Crippen molar-refractivity contribution in [3.05, 3.63) is 54.6 Å². The summed E-state index contributed by atoms with van der Waals surface area (Å²) in [6.45, 7) is 5.42. The van der Waals surface area contributed by atoms with Gasteiger partial charge < -0.3 is 14.2 Å². The highest BCUT2D eigenvalue weighted by atomic mass is 35.5. The number of hydrogen-bond donors (Lipinski definition) is 0. The smallest absolute Gasteiger partial charge is 0.332 e. The largest absolute Gasteiger partial charge is 0.372 e. The molecule has 0 radical (unpaired) electrons. The first kappa shape index (κ1) is 21.0. The van der Waals surface area contributed by atoms with Gasteiger partial charge in [0.1, 0.15) is 0 Å². The van der Waals surface area contributed by atoms with Gasteiger partial charge in [-0.05, 0) is 31.5 Å². The lowest BCUT2D eigenvalue weighted by atomic mass is 10.2. The van der Waals surface area contributed by atoms with Crippen LogP contribution < -0.4 is 16.1 Å². The first-order chi connectivity index (χ1) is 14.2. The molecule has 1 fully saturated rings. The molecule has 0 aliphatic carbocycles. The number of hydrogen-bond acceptors (Lipinski definition) is 5. The SMILES string of the molecule is C[C@@H]1CN(c2nc3c(c(=O)n(Cc4ccc(Cl)c(Cl)c4)c(=O)n3C)n2C)C[C@H](C)O1. The number of benzene rings is 1. The standard InChI is InChI=1S/C20H23Cl2N5O3/c1-11-8-26(9-12(2)30-11)19-23-17-16(24(19)3)18(28)27(20(29)25(17)4)10-13-5-6-14(21)15(22)7-13/h5-7,11-12H,8-10H2,1-4H3/t11-,12+. The van der Waals surface area contributed by atoms with Crippen LogP contribution in [-0.2, 0) is 25.4 Å². The van der Waals surface area contributed by atoms with Crippen LogP contribution in [-0.4, -0.2) is 44.0 Å². The van der Waals surface area contributed by atoms with Crippen LogP contribution in [0.2, 0.25) is 10.0 Å². The lowest BCUT2D eigenvalue weighted by Gasteiger charge is -2.35. The Morgan fingerprint density at radius 2 is 1.73 bits per heavy atom. The summed E-state index contributed by atoms with van der Waals surface area (Å²) in [6, 6.07) is 5.05. The van der Waals surface area contributed by atoms with Gasteiger partial charge >= 0.3 is 5.69 Å². The van der Waals surface area contributed by atoms with E-state index in [1.807, 2.05) is 13.8 Å². The van der Waals surface area contributed by atoms with Gasteiger partial charge in [0.2, 0.25) is 5.95 Å². The van der Waals surface area contributed by atoms with Crippen molar-refractivity contribution in [2.75, 3.05) is 18.0 Å². The number of ether oxygens (including phenoxy) is 1. The Bertz CT molecular complexity index is 1240. The second kappa shape index (κ2) is 7.76. The van der Waals surface area contributed by atoms with Crippen molar-refractivity contribution in [2.45, 2.75) is 32.6 Å². The monoisotopic (exact) mass is 451 g/mol. The quantitative estimate of drug-likeness (QED) is 0.610. The molecule has 3 aromatic rings. The molecule has 0 bridgehead atoms. The summed E-state index contributed by atoms with van der Waals surface area (Å²) in [5, 5.41) is 0.792. The van der Waals surface area contributed by atoms with E-state index >= 15 is 0 Å². The van der Waals surface area contributed by atoms with Gasteiger partial charge in [-0.3, -0.25) is 13.9 Å². The number of aromatic nitrogens is 4. The Balaban J connectivity index is 1.84. The average molecular weight is 452 g/mol. The molecule has 8 nitrogen and oxygen atoms in total. The number of rotatable bonds is 3. The van der Waals surface area contributed by atoms with Gasteiger partial charge in [-0.2, -0.15) is 4.98 Å². The molecule has 30 heavy (non-hydrogen) atoms. The topological polar surface area (TPSA) is 74.3 Å². The fraction of sp³-hybridized carbons (Fsp3) is 0.450. The van der Waals surface area contributed by atoms with Crippen molar-refractivity contribution in [1.82, 2.24) is 18.7 Å². The molecular formula is C20H23Cl2N5O3. The lowest BCUT2D eigenvalue weighted by molar-refractivity contribution is -0.00583. The normalized spacial score (nSPS) is 19.6. The Labute approximate surface area is 183 Å². The van der Waals surface area contributed by atoms with Crippen molar-refractivity contribution >= 4 is 40.3 Å². The van der Waals surface area contributed by atoms with Crippen molar-refractivity contribution in [3.8, 4) is 0 Å². The molecule has 0 spiro atoms. The van der Waals surface area contributed by atoms with Crippen molar-refractivity contribution in [3.63, 3.8) is 0 Å². The molecule has 0 saturated carbocycles. The van der Waals surface area contributed by atoms with Gasteiger partial charge in [0, 0.05) is 27.2 Å². The van der Waals surface area contributed by atoms with E-state index in [4.69, 9.17) is 27.9 Å². The maximum Gasteiger partial charge on any atom is 0.332 e. The molecule has 1 saturated heterocycles. The number of anilines is 1. The second-order valence-electron chi connectivity index (χ2n) is 7.79. The first-order valence-electron chi connectivity index (χ1n) is 9.68. The predicted octanol–water partition coefficient (Wildman–Crippen LogP) is 2.40. The maximum atomic E-state index is 13.3. The number of fused-ring (bicyclic) bond motifs is 1. The molecule has 2 aromatic heterocycles. The fourth-order valence-electron chi connectivity index (χ4n) is 4.02. The minimum Gasteiger partial charge on any atom is -0.372 e. The van der Waals surface area contributed by atoms with Crippen molar-refractivity contribution in [1.29, 1.82) is 0 Å². The van der Waals surface area contributed by atoms with E-state index < -0.39 is 11.2 Å². The van der Waals surface area contributed by atoms with Crippen molar-refractivity contribution in [2.24, 2.45) is 14.1 Å². The Morgan fingerprint density at radius 3 is 2.37 bits per heavy atom. The third kappa shape index (κ3) is 3.53. The number of aryl methyl sites for hydroxylation is 2. The van der Waals surface area contributed by atoms with Crippen LogP contribution in [0.25, 0.3) is 11.2 Å². The Kier molecular flexibility index (Phi) is 5.42. The zero-order valence-corrected chi connectivity index (χ0v) is 18.7. The Hall–Kier alpha value is -2.29. The minimum absolute atomic E-state index is 0.0451. The van der Waals surface area contributed by atoms with Gasteiger partial charge in [-0.25, -0.2) is 4.79 Å². The molecule has 0 N–H and O–H groups in total. The molecule has 4 rings (SSSR count). The molecule has 10 heteroatoms. The van der Waals surface area contributed by atoms with Gasteiger partial charge in [-0.15, -0.1) is 0 Å². The first-order valence-corrected chi connectivity index (χ1v) is 10.4. The summed E-state index contributed by atoms with van der Waals surface area (Å²) < 4.78 is 10.2. The average Bonchev–Trinajstić information content (AvgIpc) is 3.03. The zero-order chi connectivity index (χ0) is 21.7. The number of morpholine rings is 1.